The number of carboxylic acid groups (broad SMARTS) is 1. The molecule has 3 N–H and O–H groups in total. The lowest BCUT2D eigenvalue weighted by Crippen LogP contribution is -2.16. The van der Waals surface area contributed by atoms with Crippen molar-refractivity contribution in [2.75, 3.05) is 4.72 Å². The number of anilines is 1. The zero-order valence-corrected chi connectivity index (χ0v) is 10.9. The van der Waals surface area contributed by atoms with Crippen LogP contribution in [0.15, 0.2) is 23.4 Å². The number of hydrogen-bond acceptors (Lipinski definition) is 5. The van der Waals surface area contributed by atoms with Gasteiger partial charge < -0.3 is 5.11 Å². The zero-order valence-electron chi connectivity index (χ0n) is 10.1. The lowest BCUT2D eigenvalue weighted by Gasteiger charge is -2.08. The molecule has 10 heteroatoms. The van der Waals surface area contributed by atoms with Gasteiger partial charge in [-0.3, -0.25) is 0 Å². The largest absolute Gasteiger partial charge is 0.478 e. The first kappa shape index (κ1) is 13.9. The molecular weight excluding hydrogens is 291 g/mol. The minimum Gasteiger partial charge on any atom is -0.478 e. The van der Waals surface area contributed by atoms with Gasteiger partial charge in [0.05, 0.1) is 10.5 Å². The van der Waals surface area contributed by atoms with Crippen molar-refractivity contribution in [1.29, 1.82) is 0 Å². The van der Waals surface area contributed by atoms with Gasteiger partial charge >= 0.3 is 5.97 Å². The van der Waals surface area contributed by atoms with E-state index >= 15 is 0 Å². The topological polar surface area (TPSA) is 125 Å². The highest BCUT2D eigenvalue weighted by molar-refractivity contribution is 7.92. The van der Waals surface area contributed by atoms with E-state index in [1.54, 1.807) is 0 Å². The molecule has 0 saturated carbocycles. The Hall–Kier alpha value is -2.49. The maximum Gasteiger partial charge on any atom is 0.338 e. The number of nitrogens with one attached hydrogen (secondary N) is 2. The molecule has 0 amide bonds. The van der Waals surface area contributed by atoms with Gasteiger partial charge in [0.1, 0.15) is 12.1 Å². The minimum atomic E-state index is -4.09. The van der Waals surface area contributed by atoms with Crippen molar-refractivity contribution >= 4 is 21.9 Å². The molecule has 1 aromatic heterocycles. The fourth-order valence-corrected chi connectivity index (χ4v) is 2.56. The van der Waals surface area contributed by atoms with Crippen molar-refractivity contribution in [2.24, 2.45) is 0 Å². The number of benzene rings is 1. The summed E-state index contributed by atoms with van der Waals surface area (Å²) in [6.07, 6.45) is 1.09. The van der Waals surface area contributed by atoms with Gasteiger partial charge in [-0.1, -0.05) is 0 Å². The molecule has 0 aliphatic rings. The first-order valence-corrected chi connectivity index (χ1v) is 6.71. The van der Waals surface area contributed by atoms with Crippen molar-refractivity contribution in [3.8, 4) is 0 Å². The standard InChI is InChI=1S/C10H9FN4O4S/c1-5-2-6(3-7(8(5)11)9(16)17)20(18,19)15-10-12-4-13-14-10/h2-4H,1H3,(H,16,17)(H2,12,13,14,15). The molecular formula is C10H9FN4O4S. The Morgan fingerprint density at radius 3 is 2.70 bits per heavy atom. The van der Waals surface area contributed by atoms with Crippen LogP contribution < -0.4 is 4.72 Å². The average molecular weight is 300 g/mol. The Morgan fingerprint density at radius 1 is 1.45 bits per heavy atom. The molecule has 0 atom stereocenters. The second-order valence-corrected chi connectivity index (χ2v) is 5.53. The molecule has 0 saturated heterocycles. The van der Waals surface area contributed by atoms with Crippen LogP contribution in [-0.4, -0.2) is 34.7 Å². The molecule has 2 rings (SSSR count). The van der Waals surface area contributed by atoms with E-state index in [9.17, 15) is 17.6 Å². The quantitative estimate of drug-likeness (QED) is 0.765. The third-order valence-electron chi connectivity index (χ3n) is 2.41. The Labute approximate surface area is 112 Å². The summed E-state index contributed by atoms with van der Waals surface area (Å²) in [4.78, 5) is 14.1. The van der Waals surface area contributed by atoms with E-state index in [0.29, 0.717) is 0 Å². The average Bonchev–Trinajstić information content (AvgIpc) is 2.83. The molecule has 2 aromatic rings. The molecule has 0 fully saturated rings. The highest BCUT2D eigenvalue weighted by Crippen LogP contribution is 2.20. The lowest BCUT2D eigenvalue weighted by atomic mass is 10.1. The molecule has 0 spiro atoms. The normalized spacial score (nSPS) is 11.3. The zero-order chi connectivity index (χ0) is 14.9. The molecule has 106 valence electrons. The van der Waals surface area contributed by atoms with Gasteiger partial charge in [0.2, 0.25) is 5.95 Å². The number of carbonyl (C=O) groups is 1. The monoisotopic (exact) mass is 300 g/mol. The summed E-state index contributed by atoms with van der Waals surface area (Å²) in [6, 6.07) is 1.77. The molecule has 0 aliphatic heterocycles. The number of halogens is 1. The second-order valence-electron chi connectivity index (χ2n) is 3.85. The van der Waals surface area contributed by atoms with Gasteiger partial charge in [0, 0.05) is 0 Å². The van der Waals surface area contributed by atoms with Crippen LogP contribution >= 0.6 is 0 Å². The van der Waals surface area contributed by atoms with Gasteiger partial charge in [0.25, 0.3) is 10.0 Å². The van der Waals surface area contributed by atoms with E-state index in [-0.39, 0.29) is 16.4 Å². The van der Waals surface area contributed by atoms with Crippen LogP contribution in [0.3, 0.4) is 0 Å². The number of hydrogen-bond donors (Lipinski definition) is 3. The van der Waals surface area contributed by atoms with Gasteiger partial charge in [-0.15, -0.1) is 0 Å². The van der Waals surface area contributed by atoms with Crippen LogP contribution in [-0.2, 0) is 10.0 Å². The number of aromatic nitrogens is 3. The molecule has 20 heavy (non-hydrogen) atoms. The van der Waals surface area contributed by atoms with Crippen LogP contribution in [0.25, 0.3) is 0 Å². The Balaban J connectivity index is 2.49. The molecule has 0 aliphatic carbocycles. The van der Waals surface area contributed by atoms with Crippen molar-refractivity contribution in [1.82, 2.24) is 15.2 Å². The fraction of sp³-hybridized carbons (Fsp3) is 0.100. The van der Waals surface area contributed by atoms with Crippen LogP contribution in [0, 0.1) is 12.7 Å². The second kappa shape index (κ2) is 4.89. The first-order chi connectivity index (χ1) is 9.31. The van der Waals surface area contributed by atoms with Gasteiger partial charge in [0.15, 0.2) is 0 Å². The van der Waals surface area contributed by atoms with Crippen LogP contribution in [0.2, 0.25) is 0 Å². The SMILES string of the molecule is Cc1cc(S(=O)(=O)Nc2ncn[nH]2)cc(C(=O)O)c1F. The summed E-state index contributed by atoms with van der Waals surface area (Å²) in [5, 5.41) is 14.6. The summed E-state index contributed by atoms with van der Waals surface area (Å²) in [7, 11) is -4.09. The Morgan fingerprint density at radius 2 is 2.15 bits per heavy atom. The number of H-pyrrole nitrogens is 1. The molecule has 8 nitrogen and oxygen atoms in total. The van der Waals surface area contributed by atoms with Gasteiger partial charge in [-0.05, 0) is 24.6 Å². The molecule has 1 aromatic carbocycles. The first-order valence-electron chi connectivity index (χ1n) is 5.23. The van der Waals surface area contributed by atoms with Gasteiger partial charge in [-0.2, -0.15) is 10.1 Å². The number of carboxylic acids is 1. The highest BCUT2D eigenvalue weighted by Gasteiger charge is 2.22. The van der Waals surface area contributed by atoms with Crippen molar-refractivity contribution in [3.05, 3.63) is 35.4 Å². The smallest absolute Gasteiger partial charge is 0.338 e. The number of sulfonamides is 1. The van der Waals surface area contributed by atoms with E-state index in [4.69, 9.17) is 5.11 Å². The summed E-state index contributed by atoms with van der Waals surface area (Å²) in [6.45, 7) is 1.27. The third-order valence-corrected chi connectivity index (χ3v) is 3.73. The highest BCUT2D eigenvalue weighted by atomic mass is 32.2. The fourth-order valence-electron chi connectivity index (χ4n) is 1.49. The van der Waals surface area contributed by atoms with E-state index in [1.165, 1.54) is 6.92 Å². The number of nitrogens with zero attached hydrogens (tertiary/aromatic N) is 2. The van der Waals surface area contributed by atoms with Crippen molar-refractivity contribution in [3.63, 3.8) is 0 Å². The third kappa shape index (κ3) is 2.59. The predicted molar refractivity (Wildman–Crippen MR) is 65.3 cm³/mol. The Kier molecular flexibility index (Phi) is 3.40. The number of aryl methyl sites for hydroxylation is 1. The minimum absolute atomic E-state index is 0.0946. The van der Waals surface area contributed by atoms with E-state index in [2.05, 4.69) is 19.9 Å². The summed E-state index contributed by atoms with van der Waals surface area (Å²) in [5.74, 6) is -2.66. The predicted octanol–water partition coefficient (Wildman–Crippen LogP) is 0.751. The Bertz CT molecular complexity index is 758. The number of aromatic amines is 1. The van der Waals surface area contributed by atoms with Crippen molar-refractivity contribution < 1.29 is 22.7 Å². The molecule has 0 unspecified atom stereocenters. The van der Waals surface area contributed by atoms with Crippen LogP contribution in [0.4, 0.5) is 10.3 Å². The number of aromatic carboxylic acids is 1. The van der Waals surface area contributed by atoms with E-state index in [0.717, 1.165) is 18.5 Å². The maximum absolute atomic E-state index is 13.6. The van der Waals surface area contributed by atoms with E-state index < -0.39 is 27.4 Å². The molecule has 1 heterocycles. The number of rotatable bonds is 4. The molecule has 0 bridgehead atoms. The summed E-state index contributed by atoms with van der Waals surface area (Å²) in [5.41, 5.74) is -0.814. The summed E-state index contributed by atoms with van der Waals surface area (Å²) < 4.78 is 39.7. The summed E-state index contributed by atoms with van der Waals surface area (Å²) >= 11 is 0. The lowest BCUT2D eigenvalue weighted by molar-refractivity contribution is 0.0691. The maximum atomic E-state index is 13.6. The molecule has 0 radical (unpaired) electrons. The van der Waals surface area contributed by atoms with Crippen LogP contribution in [0.5, 0.6) is 0 Å². The van der Waals surface area contributed by atoms with Crippen molar-refractivity contribution in [2.45, 2.75) is 11.8 Å². The van der Waals surface area contributed by atoms with Gasteiger partial charge in [-0.25, -0.2) is 27.4 Å². The van der Waals surface area contributed by atoms with E-state index in [1.807, 2.05) is 0 Å². The van der Waals surface area contributed by atoms with Crippen LogP contribution in [0.1, 0.15) is 15.9 Å².